The van der Waals surface area contributed by atoms with E-state index in [-0.39, 0.29) is 6.61 Å². The third kappa shape index (κ3) is 4.30. The van der Waals surface area contributed by atoms with Crippen molar-refractivity contribution in [1.82, 2.24) is 10.3 Å². The summed E-state index contributed by atoms with van der Waals surface area (Å²) >= 11 is 0. The number of benzene rings is 1. The van der Waals surface area contributed by atoms with Crippen LogP contribution < -0.4 is 5.32 Å². The summed E-state index contributed by atoms with van der Waals surface area (Å²) in [5, 5.41) is 12.8. The third-order valence-electron chi connectivity index (χ3n) is 3.78. The average molecular weight is 324 g/mol. The third-order valence-corrected chi connectivity index (χ3v) is 3.78. The number of aliphatic hydroxyl groups is 1. The highest BCUT2D eigenvalue weighted by atomic mass is 19.4. The van der Waals surface area contributed by atoms with Crippen molar-refractivity contribution < 1.29 is 18.3 Å². The lowest BCUT2D eigenvalue weighted by atomic mass is 9.91. The van der Waals surface area contributed by atoms with Gasteiger partial charge < -0.3 is 10.4 Å². The van der Waals surface area contributed by atoms with E-state index in [1.54, 1.807) is 19.2 Å². The zero-order valence-corrected chi connectivity index (χ0v) is 13.0. The van der Waals surface area contributed by atoms with E-state index in [2.05, 4.69) is 10.3 Å². The average Bonchev–Trinajstić information content (AvgIpc) is 2.53. The van der Waals surface area contributed by atoms with E-state index >= 15 is 0 Å². The number of aryl methyl sites for hydroxylation is 1. The van der Waals surface area contributed by atoms with E-state index in [4.69, 9.17) is 0 Å². The number of hydrogen-bond acceptors (Lipinski definition) is 3. The maximum absolute atomic E-state index is 12.9. The first-order chi connectivity index (χ1) is 10.7. The van der Waals surface area contributed by atoms with Crippen LogP contribution in [0.25, 0.3) is 0 Å². The van der Waals surface area contributed by atoms with Gasteiger partial charge in [-0.25, -0.2) is 0 Å². The van der Waals surface area contributed by atoms with Crippen LogP contribution in [0.2, 0.25) is 0 Å². The molecule has 1 atom stereocenters. The summed E-state index contributed by atoms with van der Waals surface area (Å²) < 4.78 is 38.6. The topological polar surface area (TPSA) is 45.1 Å². The lowest BCUT2D eigenvalue weighted by molar-refractivity contribution is -0.137. The quantitative estimate of drug-likeness (QED) is 0.886. The fourth-order valence-corrected chi connectivity index (χ4v) is 2.18. The minimum atomic E-state index is -4.41. The molecule has 1 aromatic carbocycles. The molecule has 0 amide bonds. The molecule has 0 spiro atoms. The van der Waals surface area contributed by atoms with Crippen molar-refractivity contribution in [3.63, 3.8) is 0 Å². The molecule has 0 fully saturated rings. The minimum absolute atomic E-state index is 0.333. The largest absolute Gasteiger partial charge is 0.416 e. The molecule has 2 aromatic rings. The van der Waals surface area contributed by atoms with Gasteiger partial charge in [0, 0.05) is 12.7 Å². The van der Waals surface area contributed by atoms with E-state index in [0.717, 1.165) is 23.4 Å². The van der Waals surface area contributed by atoms with Crippen molar-refractivity contribution in [3.05, 3.63) is 65.0 Å². The van der Waals surface area contributed by atoms with E-state index < -0.39 is 17.3 Å². The van der Waals surface area contributed by atoms with Gasteiger partial charge in [-0.3, -0.25) is 4.98 Å². The summed E-state index contributed by atoms with van der Waals surface area (Å²) in [5.41, 5.74) is 0.430. The van der Waals surface area contributed by atoms with Crippen molar-refractivity contribution in [2.75, 3.05) is 6.61 Å². The molecule has 1 aromatic heterocycles. The van der Waals surface area contributed by atoms with E-state index in [1.165, 1.54) is 6.07 Å². The predicted molar refractivity (Wildman–Crippen MR) is 81.7 cm³/mol. The van der Waals surface area contributed by atoms with Crippen molar-refractivity contribution in [3.8, 4) is 0 Å². The molecule has 1 unspecified atom stereocenters. The molecule has 0 aliphatic heterocycles. The van der Waals surface area contributed by atoms with Gasteiger partial charge in [-0.05, 0) is 43.2 Å². The van der Waals surface area contributed by atoms with Gasteiger partial charge in [0.05, 0.1) is 23.4 Å². The molecule has 6 heteroatoms. The number of halogens is 3. The number of aliphatic hydroxyl groups excluding tert-OH is 1. The Kier molecular flexibility index (Phi) is 5.06. The summed E-state index contributed by atoms with van der Waals surface area (Å²) in [6.07, 6.45) is -2.69. The van der Waals surface area contributed by atoms with Gasteiger partial charge in [-0.2, -0.15) is 13.2 Å². The van der Waals surface area contributed by atoms with Gasteiger partial charge in [0.1, 0.15) is 0 Å². The Labute approximate surface area is 133 Å². The van der Waals surface area contributed by atoms with Crippen molar-refractivity contribution >= 4 is 0 Å². The molecule has 2 rings (SSSR count). The zero-order chi connectivity index (χ0) is 17.1. The number of aromatic nitrogens is 1. The molecular weight excluding hydrogens is 305 g/mol. The second-order valence-corrected chi connectivity index (χ2v) is 5.75. The van der Waals surface area contributed by atoms with Crippen LogP contribution in [-0.2, 0) is 18.3 Å². The summed E-state index contributed by atoms with van der Waals surface area (Å²) in [6.45, 7) is 3.59. The maximum atomic E-state index is 12.9. The highest BCUT2D eigenvalue weighted by Gasteiger charge is 2.33. The van der Waals surface area contributed by atoms with Gasteiger partial charge in [0.2, 0.25) is 0 Å². The Hall–Kier alpha value is -1.92. The lowest BCUT2D eigenvalue weighted by Crippen LogP contribution is -2.42. The molecular formula is C17H19F3N2O. The van der Waals surface area contributed by atoms with Crippen LogP contribution >= 0.6 is 0 Å². The van der Waals surface area contributed by atoms with Gasteiger partial charge in [-0.1, -0.05) is 18.2 Å². The highest BCUT2D eigenvalue weighted by Crippen LogP contribution is 2.32. The monoisotopic (exact) mass is 324 g/mol. The predicted octanol–water partition coefficient (Wildman–Crippen LogP) is 3.41. The van der Waals surface area contributed by atoms with Crippen molar-refractivity contribution in [2.24, 2.45) is 0 Å². The molecule has 0 bridgehead atoms. The van der Waals surface area contributed by atoms with Crippen LogP contribution in [0, 0.1) is 6.92 Å². The number of pyridine rings is 1. The normalized spacial score (nSPS) is 14.5. The fourth-order valence-electron chi connectivity index (χ4n) is 2.18. The highest BCUT2D eigenvalue weighted by molar-refractivity contribution is 5.31. The van der Waals surface area contributed by atoms with Gasteiger partial charge in [0.25, 0.3) is 0 Å². The van der Waals surface area contributed by atoms with E-state index in [9.17, 15) is 18.3 Å². The van der Waals surface area contributed by atoms with E-state index in [0.29, 0.717) is 12.1 Å². The second kappa shape index (κ2) is 6.68. The molecule has 2 N–H and O–H groups in total. The Bertz CT molecular complexity index is 656. The fraction of sp³-hybridized carbons (Fsp3) is 0.353. The molecule has 1 heterocycles. The number of alkyl halides is 3. The Balaban J connectivity index is 2.21. The minimum Gasteiger partial charge on any atom is -0.394 e. The molecule has 0 aliphatic carbocycles. The van der Waals surface area contributed by atoms with Gasteiger partial charge >= 0.3 is 6.18 Å². The Morgan fingerprint density at radius 1 is 1.13 bits per heavy atom. The van der Waals surface area contributed by atoms with Crippen molar-refractivity contribution in [1.29, 1.82) is 0 Å². The molecule has 0 saturated carbocycles. The van der Waals surface area contributed by atoms with Gasteiger partial charge in [-0.15, -0.1) is 0 Å². The molecule has 0 radical (unpaired) electrons. The first-order valence-corrected chi connectivity index (χ1v) is 7.20. The van der Waals surface area contributed by atoms with Crippen LogP contribution in [0.5, 0.6) is 0 Å². The summed E-state index contributed by atoms with van der Waals surface area (Å²) in [4.78, 5) is 4.24. The first-order valence-electron chi connectivity index (χ1n) is 7.20. The SMILES string of the molecule is Cc1ccc(CNC(C)(CO)c2cccc(C(F)(F)F)c2)nc1. The maximum Gasteiger partial charge on any atom is 0.416 e. The van der Waals surface area contributed by atoms with Crippen LogP contribution in [0.1, 0.15) is 29.3 Å². The van der Waals surface area contributed by atoms with Crippen LogP contribution in [-0.4, -0.2) is 16.7 Å². The van der Waals surface area contributed by atoms with Crippen LogP contribution in [0.15, 0.2) is 42.6 Å². The van der Waals surface area contributed by atoms with Gasteiger partial charge in [0.15, 0.2) is 0 Å². The molecule has 124 valence electrons. The zero-order valence-electron chi connectivity index (χ0n) is 13.0. The standard InChI is InChI=1S/C17H19F3N2O/c1-12-6-7-15(21-9-12)10-22-16(2,11-23)13-4-3-5-14(8-13)17(18,19)20/h3-9,22-23H,10-11H2,1-2H3. The Morgan fingerprint density at radius 3 is 2.39 bits per heavy atom. The number of nitrogens with zero attached hydrogens (tertiary/aromatic N) is 1. The molecule has 0 aliphatic rings. The second-order valence-electron chi connectivity index (χ2n) is 5.75. The molecule has 23 heavy (non-hydrogen) atoms. The smallest absolute Gasteiger partial charge is 0.394 e. The molecule has 0 saturated heterocycles. The summed E-state index contributed by atoms with van der Waals surface area (Å²) in [7, 11) is 0. The van der Waals surface area contributed by atoms with Crippen molar-refractivity contribution in [2.45, 2.75) is 32.1 Å². The number of nitrogens with one attached hydrogen (secondary N) is 1. The summed E-state index contributed by atoms with van der Waals surface area (Å²) in [5.74, 6) is 0. The number of hydrogen-bond donors (Lipinski definition) is 2. The summed E-state index contributed by atoms with van der Waals surface area (Å²) in [6, 6.07) is 8.74. The molecule has 3 nitrogen and oxygen atoms in total. The first kappa shape index (κ1) is 17.4. The van der Waals surface area contributed by atoms with Crippen LogP contribution in [0.4, 0.5) is 13.2 Å². The lowest BCUT2D eigenvalue weighted by Gasteiger charge is -2.30. The Morgan fingerprint density at radius 2 is 1.83 bits per heavy atom. The van der Waals surface area contributed by atoms with E-state index in [1.807, 2.05) is 19.1 Å². The number of rotatable bonds is 5. The van der Waals surface area contributed by atoms with Crippen LogP contribution in [0.3, 0.4) is 0 Å².